The summed E-state index contributed by atoms with van der Waals surface area (Å²) in [4.78, 5) is 12.4. The molecule has 2 atom stereocenters. The lowest BCUT2D eigenvalue weighted by atomic mass is 9.81. The van der Waals surface area contributed by atoms with Crippen LogP contribution in [0.15, 0.2) is 30.3 Å². The van der Waals surface area contributed by atoms with Gasteiger partial charge in [0.25, 0.3) is 0 Å². The second-order valence-corrected chi connectivity index (χ2v) is 6.09. The Morgan fingerprint density at radius 3 is 2.63 bits per heavy atom. The van der Waals surface area contributed by atoms with Crippen LogP contribution in [0.4, 0.5) is 0 Å². The molecule has 1 aliphatic rings. The lowest BCUT2D eigenvalue weighted by molar-refractivity contribution is -0.128. The van der Waals surface area contributed by atoms with Crippen molar-refractivity contribution in [1.29, 1.82) is 0 Å². The molecule has 1 unspecified atom stereocenters. The molecular weight excluding hydrogens is 238 g/mol. The van der Waals surface area contributed by atoms with Crippen LogP contribution in [0.3, 0.4) is 0 Å². The van der Waals surface area contributed by atoms with Gasteiger partial charge in [0.05, 0.1) is 12.6 Å². The molecular formula is C16H23NO2. The highest BCUT2D eigenvalue weighted by Crippen LogP contribution is 2.42. The molecule has 0 aromatic heterocycles. The van der Waals surface area contributed by atoms with E-state index in [1.165, 1.54) is 0 Å². The highest BCUT2D eigenvalue weighted by molar-refractivity contribution is 5.80. The summed E-state index contributed by atoms with van der Waals surface area (Å²) in [6.45, 7) is 4.24. The molecule has 19 heavy (non-hydrogen) atoms. The van der Waals surface area contributed by atoms with Crippen LogP contribution >= 0.6 is 0 Å². The van der Waals surface area contributed by atoms with E-state index in [1.807, 2.05) is 30.3 Å². The number of hydrogen-bond acceptors (Lipinski definition) is 2. The molecule has 1 fully saturated rings. The monoisotopic (exact) mass is 261 g/mol. The van der Waals surface area contributed by atoms with Gasteiger partial charge in [-0.15, -0.1) is 0 Å². The molecule has 0 spiro atoms. The summed E-state index contributed by atoms with van der Waals surface area (Å²) in [5, 5.41) is 12.5. The molecule has 3 nitrogen and oxygen atoms in total. The quantitative estimate of drug-likeness (QED) is 0.875. The molecule has 2 N–H and O–H groups in total. The van der Waals surface area contributed by atoms with Gasteiger partial charge in [0.2, 0.25) is 5.91 Å². The summed E-state index contributed by atoms with van der Waals surface area (Å²) in [6, 6.07) is 9.33. The summed E-state index contributed by atoms with van der Waals surface area (Å²) >= 11 is 0. The van der Waals surface area contributed by atoms with Crippen molar-refractivity contribution in [2.45, 2.75) is 39.2 Å². The van der Waals surface area contributed by atoms with Gasteiger partial charge in [-0.05, 0) is 23.8 Å². The molecule has 104 valence electrons. The molecule has 0 bridgehead atoms. The Bertz CT molecular complexity index is 428. The minimum atomic E-state index is -0.301. The van der Waals surface area contributed by atoms with E-state index in [-0.39, 0.29) is 29.9 Å². The summed E-state index contributed by atoms with van der Waals surface area (Å²) < 4.78 is 0. The summed E-state index contributed by atoms with van der Waals surface area (Å²) in [5.41, 5.74) is 1.02. The number of amides is 1. The number of aliphatic hydroxyl groups is 1. The third-order valence-electron chi connectivity index (χ3n) is 4.27. The Morgan fingerprint density at radius 2 is 2.11 bits per heavy atom. The maximum atomic E-state index is 12.4. The third-order valence-corrected chi connectivity index (χ3v) is 4.27. The predicted octanol–water partition coefficient (Wildman–Crippen LogP) is 2.66. The molecule has 1 saturated carbocycles. The van der Waals surface area contributed by atoms with E-state index in [0.717, 1.165) is 24.8 Å². The second kappa shape index (κ2) is 5.74. The number of hydrogen-bond donors (Lipinski definition) is 2. The SMILES string of the molecule is CC1(C)CCCC1C(=O)N[C@H](CO)c1ccccc1. The van der Waals surface area contributed by atoms with Gasteiger partial charge in [0.1, 0.15) is 0 Å². The van der Waals surface area contributed by atoms with Gasteiger partial charge in [-0.2, -0.15) is 0 Å². The number of carbonyl (C=O) groups excluding carboxylic acids is 1. The molecule has 2 rings (SSSR count). The molecule has 0 aliphatic heterocycles. The van der Waals surface area contributed by atoms with E-state index < -0.39 is 0 Å². The standard InChI is InChI=1S/C16H23NO2/c1-16(2)10-6-9-13(16)15(19)17-14(11-18)12-7-4-3-5-8-12/h3-5,7-8,13-14,18H,6,9-11H2,1-2H3,(H,17,19)/t13?,14-/m1/s1. The van der Waals surface area contributed by atoms with Crippen LogP contribution in [0.2, 0.25) is 0 Å². The average molecular weight is 261 g/mol. The van der Waals surface area contributed by atoms with Crippen molar-refractivity contribution in [3.63, 3.8) is 0 Å². The highest BCUT2D eigenvalue weighted by Gasteiger charge is 2.39. The smallest absolute Gasteiger partial charge is 0.224 e. The molecule has 1 amide bonds. The van der Waals surface area contributed by atoms with Crippen molar-refractivity contribution in [1.82, 2.24) is 5.32 Å². The molecule has 1 aliphatic carbocycles. The maximum Gasteiger partial charge on any atom is 0.224 e. The van der Waals surface area contributed by atoms with Crippen LogP contribution in [0.1, 0.15) is 44.7 Å². The van der Waals surface area contributed by atoms with Crippen LogP contribution < -0.4 is 5.32 Å². The zero-order valence-corrected chi connectivity index (χ0v) is 11.7. The van der Waals surface area contributed by atoms with Gasteiger partial charge >= 0.3 is 0 Å². The van der Waals surface area contributed by atoms with Crippen molar-refractivity contribution in [2.24, 2.45) is 11.3 Å². The molecule has 0 saturated heterocycles. The second-order valence-electron chi connectivity index (χ2n) is 6.09. The topological polar surface area (TPSA) is 49.3 Å². The van der Waals surface area contributed by atoms with Crippen molar-refractivity contribution < 1.29 is 9.90 Å². The van der Waals surface area contributed by atoms with E-state index >= 15 is 0 Å². The Kier molecular flexibility index (Phi) is 4.25. The minimum Gasteiger partial charge on any atom is -0.394 e. The lowest BCUT2D eigenvalue weighted by Gasteiger charge is -2.28. The van der Waals surface area contributed by atoms with E-state index in [0.29, 0.717) is 0 Å². The van der Waals surface area contributed by atoms with Gasteiger partial charge in [-0.3, -0.25) is 4.79 Å². The first-order valence-electron chi connectivity index (χ1n) is 7.01. The molecule has 1 aromatic rings. The normalized spacial score (nSPS) is 23.0. The number of nitrogens with one attached hydrogen (secondary N) is 1. The first-order chi connectivity index (χ1) is 9.04. The van der Waals surface area contributed by atoms with Crippen molar-refractivity contribution in [3.05, 3.63) is 35.9 Å². The van der Waals surface area contributed by atoms with Crippen LogP contribution in [0, 0.1) is 11.3 Å². The third kappa shape index (κ3) is 3.16. The van der Waals surface area contributed by atoms with Gasteiger partial charge < -0.3 is 10.4 Å². The van der Waals surface area contributed by atoms with Crippen LogP contribution in [-0.2, 0) is 4.79 Å². The fourth-order valence-electron chi connectivity index (χ4n) is 3.00. The molecule has 0 radical (unpaired) electrons. The van der Waals surface area contributed by atoms with Gasteiger partial charge in [-0.25, -0.2) is 0 Å². The van der Waals surface area contributed by atoms with Crippen LogP contribution in [-0.4, -0.2) is 17.6 Å². The van der Waals surface area contributed by atoms with Gasteiger partial charge in [0.15, 0.2) is 0 Å². The fourth-order valence-corrected chi connectivity index (χ4v) is 3.00. The zero-order chi connectivity index (χ0) is 13.9. The Balaban J connectivity index is 2.05. The van der Waals surface area contributed by atoms with Crippen molar-refractivity contribution >= 4 is 5.91 Å². The largest absolute Gasteiger partial charge is 0.394 e. The van der Waals surface area contributed by atoms with Crippen LogP contribution in [0.25, 0.3) is 0 Å². The van der Waals surface area contributed by atoms with Crippen molar-refractivity contribution in [2.75, 3.05) is 6.61 Å². The van der Waals surface area contributed by atoms with E-state index in [4.69, 9.17) is 0 Å². The van der Waals surface area contributed by atoms with Gasteiger partial charge in [-0.1, -0.05) is 50.6 Å². The Hall–Kier alpha value is -1.35. The highest BCUT2D eigenvalue weighted by atomic mass is 16.3. The first kappa shape index (κ1) is 14.1. The summed E-state index contributed by atoms with van der Waals surface area (Å²) in [5.74, 6) is 0.135. The molecule has 3 heteroatoms. The zero-order valence-electron chi connectivity index (χ0n) is 11.7. The van der Waals surface area contributed by atoms with Crippen molar-refractivity contribution in [3.8, 4) is 0 Å². The number of carbonyl (C=O) groups is 1. The lowest BCUT2D eigenvalue weighted by Crippen LogP contribution is -2.39. The molecule has 1 aromatic carbocycles. The number of rotatable bonds is 4. The van der Waals surface area contributed by atoms with Gasteiger partial charge in [0, 0.05) is 5.92 Å². The van der Waals surface area contributed by atoms with E-state index in [9.17, 15) is 9.90 Å². The molecule has 0 heterocycles. The summed E-state index contributed by atoms with van der Waals surface area (Å²) in [6.07, 6.45) is 3.16. The fraction of sp³-hybridized carbons (Fsp3) is 0.562. The number of aliphatic hydroxyl groups excluding tert-OH is 1. The Morgan fingerprint density at radius 1 is 1.42 bits per heavy atom. The first-order valence-corrected chi connectivity index (χ1v) is 7.01. The maximum absolute atomic E-state index is 12.4. The van der Waals surface area contributed by atoms with Crippen LogP contribution in [0.5, 0.6) is 0 Å². The Labute approximate surface area is 115 Å². The van der Waals surface area contributed by atoms with E-state index in [1.54, 1.807) is 0 Å². The van der Waals surface area contributed by atoms with E-state index in [2.05, 4.69) is 19.2 Å². The average Bonchev–Trinajstić information content (AvgIpc) is 2.76. The predicted molar refractivity (Wildman–Crippen MR) is 75.5 cm³/mol. The minimum absolute atomic E-state index is 0.0604. The summed E-state index contributed by atoms with van der Waals surface area (Å²) in [7, 11) is 0. The number of benzene rings is 1.